The molecule has 3 aromatic rings. The number of amides is 3. The van der Waals surface area contributed by atoms with Crippen LogP contribution in [0.3, 0.4) is 0 Å². The quantitative estimate of drug-likeness (QED) is 0.380. The molecule has 0 spiro atoms. The normalized spacial score (nSPS) is 14.3. The van der Waals surface area contributed by atoms with Gasteiger partial charge in [-0.25, -0.2) is 5.01 Å². The standard InChI is InChI=1S/C25H19Cl2N3O4/c1-15-7-9-17(10-8-15)28-22(31)14-34-23-20(26)12-16(13-21(23)27)11-19-24(32)29-30(25(19)33)18-5-3-2-4-6-18/h2-13H,14H2,1H3,(H,28,31)(H,29,32). The van der Waals surface area contributed by atoms with Gasteiger partial charge in [0.15, 0.2) is 12.4 Å². The lowest BCUT2D eigenvalue weighted by atomic mass is 10.1. The summed E-state index contributed by atoms with van der Waals surface area (Å²) in [4.78, 5) is 37.3. The summed E-state index contributed by atoms with van der Waals surface area (Å²) in [7, 11) is 0. The van der Waals surface area contributed by atoms with E-state index in [0.29, 0.717) is 16.9 Å². The van der Waals surface area contributed by atoms with Gasteiger partial charge in [0.05, 0.1) is 15.7 Å². The molecule has 34 heavy (non-hydrogen) atoms. The van der Waals surface area contributed by atoms with Gasteiger partial charge in [0.25, 0.3) is 17.7 Å². The molecule has 7 nitrogen and oxygen atoms in total. The highest BCUT2D eigenvalue weighted by Gasteiger charge is 2.34. The SMILES string of the molecule is Cc1ccc(NC(=O)COc2c(Cl)cc(C=C3C(=O)NN(c4ccccc4)C3=O)cc2Cl)cc1. The van der Waals surface area contributed by atoms with Crippen LogP contribution in [0, 0.1) is 6.92 Å². The molecule has 0 saturated carbocycles. The number of carbonyl (C=O) groups is 3. The van der Waals surface area contributed by atoms with Gasteiger partial charge >= 0.3 is 0 Å². The van der Waals surface area contributed by atoms with E-state index in [-0.39, 0.29) is 33.9 Å². The van der Waals surface area contributed by atoms with Crippen molar-refractivity contribution in [2.45, 2.75) is 6.92 Å². The second kappa shape index (κ2) is 9.99. The summed E-state index contributed by atoms with van der Waals surface area (Å²) in [6, 6.07) is 19.1. The molecule has 1 saturated heterocycles. The third-order valence-corrected chi connectivity index (χ3v) is 5.48. The minimum Gasteiger partial charge on any atom is -0.481 e. The number of benzene rings is 3. The Morgan fingerprint density at radius 3 is 2.32 bits per heavy atom. The van der Waals surface area contributed by atoms with Crippen LogP contribution in [-0.4, -0.2) is 24.3 Å². The lowest BCUT2D eigenvalue weighted by molar-refractivity contribution is -0.118. The topological polar surface area (TPSA) is 87.7 Å². The third kappa shape index (κ3) is 5.22. The van der Waals surface area contributed by atoms with Crippen LogP contribution in [0.15, 0.2) is 72.3 Å². The van der Waals surface area contributed by atoms with E-state index in [2.05, 4.69) is 10.7 Å². The van der Waals surface area contributed by atoms with Gasteiger partial charge in [0.2, 0.25) is 0 Å². The molecule has 0 unspecified atom stereocenters. The van der Waals surface area contributed by atoms with Crippen LogP contribution in [-0.2, 0) is 14.4 Å². The van der Waals surface area contributed by atoms with Gasteiger partial charge in [-0.05, 0) is 55.0 Å². The van der Waals surface area contributed by atoms with Crippen LogP contribution in [0.2, 0.25) is 10.0 Å². The maximum Gasteiger partial charge on any atom is 0.282 e. The number of halogens is 2. The summed E-state index contributed by atoms with van der Waals surface area (Å²) in [6.45, 7) is 1.65. The first-order chi connectivity index (χ1) is 16.3. The van der Waals surface area contributed by atoms with Gasteiger partial charge in [0, 0.05) is 5.69 Å². The highest BCUT2D eigenvalue weighted by atomic mass is 35.5. The van der Waals surface area contributed by atoms with E-state index in [1.54, 1.807) is 36.4 Å². The molecule has 2 N–H and O–H groups in total. The molecule has 1 fully saturated rings. The molecule has 0 aliphatic carbocycles. The predicted molar refractivity (Wildman–Crippen MR) is 132 cm³/mol. The van der Waals surface area contributed by atoms with E-state index in [9.17, 15) is 14.4 Å². The zero-order valence-corrected chi connectivity index (χ0v) is 19.5. The van der Waals surface area contributed by atoms with Crippen LogP contribution >= 0.6 is 23.2 Å². The number of ether oxygens (including phenoxy) is 1. The molecule has 4 rings (SSSR count). The number of aryl methyl sites for hydroxylation is 1. The summed E-state index contributed by atoms with van der Waals surface area (Å²) < 4.78 is 5.52. The van der Waals surface area contributed by atoms with Crippen molar-refractivity contribution in [2.24, 2.45) is 0 Å². The lowest BCUT2D eigenvalue weighted by Crippen LogP contribution is -2.35. The molecule has 172 valence electrons. The predicted octanol–water partition coefficient (Wildman–Crippen LogP) is 4.78. The molecule has 0 atom stereocenters. The van der Waals surface area contributed by atoms with Gasteiger partial charge < -0.3 is 10.1 Å². The van der Waals surface area contributed by atoms with Crippen LogP contribution in [0.5, 0.6) is 5.75 Å². The first-order valence-electron chi connectivity index (χ1n) is 10.2. The van der Waals surface area contributed by atoms with Crippen molar-refractivity contribution in [2.75, 3.05) is 16.9 Å². The van der Waals surface area contributed by atoms with E-state index < -0.39 is 11.8 Å². The van der Waals surface area contributed by atoms with Crippen molar-refractivity contribution in [1.29, 1.82) is 0 Å². The molecule has 9 heteroatoms. The van der Waals surface area contributed by atoms with Gasteiger partial charge in [-0.15, -0.1) is 0 Å². The lowest BCUT2D eigenvalue weighted by Gasteiger charge is -2.14. The first-order valence-corrected chi connectivity index (χ1v) is 11.0. The van der Waals surface area contributed by atoms with Crippen LogP contribution in [0.1, 0.15) is 11.1 Å². The molecule has 0 radical (unpaired) electrons. The average Bonchev–Trinajstić information content (AvgIpc) is 3.09. The molecular weight excluding hydrogens is 477 g/mol. The molecule has 3 aromatic carbocycles. The van der Waals surface area contributed by atoms with Crippen LogP contribution in [0.4, 0.5) is 11.4 Å². The Hall–Kier alpha value is -3.81. The van der Waals surface area contributed by atoms with E-state index in [1.807, 2.05) is 25.1 Å². The summed E-state index contributed by atoms with van der Waals surface area (Å²) in [5, 5.41) is 4.15. The number of carbonyl (C=O) groups excluding carboxylic acids is 3. The number of hydrogen-bond donors (Lipinski definition) is 2. The fourth-order valence-corrected chi connectivity index (χ4v) is 3.87. The van der Waals surface area contributed by atoms with E-state index >= 15 is 0 Å². The minimum atomic E-state index is -0.547. The average molecular weight is 496 g/mol. The Bertz CT molecular complexity index is 1270. The number of hydrogen-bond acceptors (Lipinski definition) is 4. The largest absolute Gasteiger partial charge is 0.481 e. The van der Waals surface area contributed by atoms with E-state index in [4.69, 9.17) is 27.9 Å². The zero-order valence-electron chi connectivity index (χ0n) is 18.0. The number of hydrazine groups is 1. The Morgan fingerprint density at radius 2 is 1.68 bits per heavy atom. The number of nitrogens with zero attached hydrogens (tertiary/aromatic N) is 1. The maximum absolute atomic E-state index is 12.7. The zero-order chi connectivity index (χ0) is 24.2. The number of para-hydroxylation sites is 1. The number of nitrogens with one attached hydrogen (secondary N) is 2. The van der Waals surface area contributed by atoms with Crippen molar-refractivity contribution < 1.29 is 19.1 Å². The van der Waals surface area contributed by atoms with Gasteiger partial charge in [-0.3, -0.25) is 19.8 Å². The van der Waals surface area contributed by atoms with Crippen molar-refractivity contribution in [3.05, 3.63) is 93.5 Å². The fourth-order valence-electron chi connectivity index (χ4n) is 3.26. The summed E-state index contributed by atoms with van der Waals surface area (Å²) in [5.74, 6) is -1.31. The Kier molecular flexibility index (Phi) is 6.86. The van der Waals surface area contributed by atoms with Crippen molar-refractivity contribution >= 4 is 58.4 Å². The second-order valence-corrected chi connectivity index (χ2v) is 8.31. The van der Waals surface area contributed by atoms with Gasteiger partial charge in [-0.1, -0.05) is 59.1 Å². The molecule has 0 bridgehead atoms. The molecule has 1 heterocycles. The van der Waals surface area contributed by atoms with Crippen LogP contribution in [0.25, 0.3) is 6.08 Å². The summed E-state index contributed by atoms with van der Waals surface area (Å²) in [5.41, 5.74) is 5.14. The highest BCUT2D eigenvalue weighted by Crippen LogP contribution is 2.35. The smallest absolute Gasteiger partial charge is 0.282 e. The maximum atomic E-state index is 12.7. The first kappa shape index (κ1) is 23.4. The van der Waals surface area contributed by atoms with Crippen molar-refractivity contribution in [3.63, 3.8) is 0 Å². The van der Waals surface area contributed by atoms with Crippen molar-refractivity contribution in [1.82, 2.24) is 5.43 Å². The second-order valence-electron chi connectivity index (χ2n) is 7.49. The van der Waals surface area contributed by atoms with Crippen molar-refractivity contribution in [3.8, 4) is 5.75 Å². The highest BCUT2D eigenvalue weighted by molar-refractivity contribution is 6.37. The monoisotopic (exact) mass is 495 g/mol. The van der Waals surface area contributed by atoms with E-state index in [1.165, 1.54) is 23.2 Å². The Balaban J connectivity index is 1.46. The molecule has 1 aliphatic heterocycles. The molecule has 3 amide bonds. The minimum absolute atomic E-state index is 0.0675. The molecule has 0 aromatic heterocycles. The number of anilines is 2. The van der Waals surface area contributed by atoms with Crippen LogP contribution < -0.4 is 20.5 Å². The third-order valence-electron chi connectivity index (χ3n) is 4.92. The Labute approximate surface area is 205 Å². The van der Waals surface area contributed by atoms with Gasteiger partial charge in [0.1, 0.15) is 5.57 Å². The molecular formula is C25H19Cl2N3O4. The summed E-state index contributed by atoms with van der Waals surface area (Å²) >= 11 is 12.6. The van der Waals surface area contributed by atoms with E-state index in [0.717, 1.165) is 5.56 Å². The number of rotatable bonds is 6. The summed E-state index contributed by atoms with van der Waals surface area (Å²) in [6.07, 6.45) is 1.40. The molecule has 1 aliphatic rings. The Morgan fingerprint density at radius 1 is 1.03 bits per heavy atom. The fraction of sp³-hybridized carbons (Fsp3) is 0.0800. The van der Waals surface area contributed by atoms with Gasteiger partial charge in [-0.2, -0.15) is 0 Å².